The average Bonchev–Trinajstić information content (AvgIpc) is 3.18. The van der Waals surface area contributed by atoms with Crippen LogP contribution in [0.2, 0.25) is 0 Å². The maximum atomic E-state index is 12.5. The van der Waals surface area contributed by atoms with Crippen LogP contribution in [0.5, 0.6) is 0 Å². The fourth-order valence-corrected chi connectivity index (χ4v) is 2.69. The number of carbonyl (C=O) groups is 2. The Kier molecular flexibility index (Phi) is 5.35. The Balaban J connectivity index is 1.72. The lowest BCUT2D eigenvalue weighted by Crippen LogP contribution is -2.47. The Hall–Kier alpha value is -3.10. The van der Waals surface area contributed by atoms with Crippen molar-refractivity contribution in [2.24, 2.45) is 4.99 Å². The van der Waals surface area contributed by atoms with E-state index in [1.165, 1.54) is 0 Å². The van der Waals surface area contributed by atoms with Gasteiger partial charge in [-0.15, -0.1) is 10.2 Å². The molecule has 1 aliphatic rings. The molecule has 3 rings (SSSR count). The molecule has 3 heterocycles. The van der Waals surface area contributed by atoms with E-state index in [2.05, 4.69) is 25.5 Å². The molecule has 0 saturated heterocycles. The summed E-state index contributed by atoms with van der Waals surface area (Å²) in [6.45, 7) is 3.92. The molecule has 9 heteroatoms. The molecule has 0 fully saturated rings. The van der Waals surface area contributed by atoms with Crippen LogP contribution in [0.3, 0.4) is 0 Å². The Morgan fingerprint density at radius 2 is 2.15 bits per heavy atom. The SMILES string of the molecule is CCOC(=O)C1=NC(C)CCC1NC(=O)c1ccc(-n2ccnc2)nn1. The van der Waals surface area contributed by atoms with Gasteiger partial charge < -0.3 is 10.1 Å². The molecular formula is C17H20N6O3. The zero-order chi connectivity index (χ0) is 18.5. The van der Waals surface area contributed by atoms with Crippen LogP contribution >= 0.6 is 0 Å². The molecular weight excluding hydrogens is 336 g/mol. The molecule has 0 saturated carbocycles. The van der Waals surface area contributed by atoms with Crippen molar-refractivity contribution in [3.05, 3.63) is 36.5 Å². The number of carbonyl (C=O) groups excluding carboxylic acids is 2. The van der Waals surface area contributed by atoms with E-state index in [0.717, 1.165) is 6.42 Å². The lowest BCUT2D eigenvalue weighted by Gasteiger charge is -2.25. The summed E-state index contributed by atoms with van der Waals surface area (Å²) in [7, 11) is 0. The monoisotopic (exact) mass is 356 g/mol. The standard InChI is InChI=1S/C17H20N6O3/c1-3-26-17(25)15-12(5-4-11(2)19-15)20-16(24)13-6-7-14(22-21-13)23-9-8-18-10-23/h6-12H,3-5H2,1-2H3,(H,20,24). The molecule has 0 spiro atoms. The minimum atomic E-state index is -0.495. The highest BCUT2D eigenvalue weighted by molar-refractivity contribution is 6.39. The largest absolute Gasteiger partial charge is 0.461 e. The van der Waals surface area contributed by atoms with Gasteiger partial charge in [0, 0.05) is 18.4 Å². The van der Waals surface area contributed by atoms with Gasteiger partial charge in [-0.3, -0.25) is 14.4 Å². The highest BCUT2D eigenvalue weighted by Gasteiger charge is 2.30. The number of nitrogens with zero attached hydrogens (tertiary/aromatic N) is 5. The fourth-order valence-electron chi connectivity index (χ4n) is 2.69. The molecule has 1 amide bonds. The van der Waals surface area contributed by atoms with Crippen molar-refractivity contribution in [3.63, 3.8) is 0 Å². The third kappa shape index (κ3) is 3.93. The van der Waals surface area contributed by atoms with E-state index in [0.29, 0.717) is 12.2 Å². The first-order valence-corrected chi connectivity index (χ1v) is 8.46. The van der Waals surface area contributed by atoms with Crippen molar-refractivity contribution >= 4 is 17.6 Å². The maximum absolute atomic E-state index is 12.5. The summed E-state index contributed by atoms with van der Waals surface area (Å²) in [5.74, 6) is -0.351. The van der Waals surface area contributed by atoms with Gasteiger partial charge in [0.1, 0.15) is 12.0 Å². The summed E-state index contributed by atoms with van der Waals surface area (Å²) < 4.78 is 6.73. The zero-order valence-corrected chi connectivity index (χ0v) is 14.6. The van der Waals surface area contributed by atoms with E-state index in [4.69, 9.17) is 4.74 Å². The number of imidazole rings is 1. The van der Waals surface area contributed by atoms with Crippen molar-refractivity contribution in [2.75, 3.05) is 6.61 Å². The predicted octanol–water partition coefficient (Wildman–Crippen LogP) is 0.947. The number of nitrogens with one attached hydrogen (secondary N) is 1. The summed E-state index contributed by atoms with van der Waals surface area (Å²) in [6, 6.07) is 2.78. The highest BCUT2D eigenvalue weighted by Crippen LogP contribution is 2.15. The highest BCUT2D eigenvalue weighted by atomic mass is 16.5. The number of esters is 1. The smallest absolute Gasteiger partial charge is 0.354 e. The van der Waals surface area contributed by atoms with Crippen LogP contribution in [0, 0.1) is 0 Å². The van der Waals surface area contributed by atoms with Crippen molar-refractivity contribution in [1.82, 2.24) is 25.1 Å². The van der Waals surface area contributed by atoms with Gasteiger partial charge in [0.2, 0.25) is 0 Å². The van der Waals surface area contributed by atoms with Gasteiger partial charge in [-0.05, 0) is 38.8 Å². The number of rotatable bonds is 5. The number of aliphatic imine (C=N–C) groups is 1. The van der Waals surface area contributed by atoms with Crippen LogP contribution in [0.25, 0.3) is 5.82 Å². The topological polar surface area (TPSA) is 111 Å². The van der Waals surface area contributed by atoms with Crippen LogP contribution in [0.15, 0.2) is 35.8 Å². The summed E-state index contributed by atoms with van der Waals surface area (Å²) in [5.41, 5.74) is 0.414. The van der Waals surface area contributed by atoms with Crippen LogP contribution in [-0.4, -0.2) is 56.0 Å². The van der Waals surface area contributed by atoms with Gasteiger partial charge in [-0.2, -0.15) is 0 Å². The van der Waals surface area contributed by atoms with Crippen LogP contribution in [0.1, 0.15) is 37.2 Å². The summed E-state index contributed by atoms with van der Waals surface area (Å²) >= 11 is 0. The molecule has 1 aliphatic heterocycles. The number of amides is 1. The van der Waals surface area contributed by atoms with Gasteiger partial charge >= 0.3 is 5.97 Å². The predicted molar refractivity (Wildman–Crippen MR) is 93.2 cm³/mol. The summed E-state index contributed by atoms with van der Waals surface area (Å²) in [5, 5.41) is 10.8. The van der Waals surface area contributed by atoms with Crippen molar-refractivity contribution in [1.29, 1.82) is 0 Å². The van der Waals surface area contributed by atoms with E-state index in [1.807, 2.05) is 6.92 Å². The molecule has 0 bridgehead atoms. The second-order valence-corrected chi connectivity index (χ2v) is 5.93. The third-order valence-corrected chi connectivity index (χ3v) is 4.00. The van der Waals surface area contributed by atoms with Crippen molar-refractivity contribution < 1.29 is 14.3 Å². The minimum Gasteiger partial charge on any atom is -0.461 e. The molecule has 0 aliphatic carbocycles. The summed E-state index contributed by atoms with van der Waals surface area (Å²) in [6.07, 6.45) is 6.34. The number of ether oxygens (including phenoxy) is 1. The molecule has 1 N–H and O–H groups in total. The molecule has 9 nitrogen and oxygen atoms in total. The molecule has 2 aromatic rings. The third-order valence-electron chi connectivity index (χ3n) is 4.00. The normalized spacial score (nSPS) is 19.5. The van der Waals surface area contributed by atoms with Gasteiger partial charge in [0.25, 0.3) is 5.91 Å². The van der Waals surface area contributed by atoms with Crippen molar-refractivity contribution in [2.45, 2.75) is 38.8 Å². The van der Waals surface area contributed by atoms with Gasteiger partial charge in [0.15, 0.2) is 11.5 Å². The first-order chi connectivity index (χ1) is 12.6. The number of hydrogen-bond donors (Lipinski definition) is 1. The number of aromatic nitrogens is 4. The Labute approximate surface area is 150 Å². The van der Waals surface area contributed by atoms with Gasteiger partial charge in [0.05, 0.1) is 12.6 Å². The molecule has 2 unspecified atom stereocenters. The van der Waals surface area contributed by atoms with E-state index in [9.17, 15) is 9.59 Å². The molecule has 2 aromatic heterocycles. The zero-order valence-electron chi connectivity index (χ0n) is 14.6. The maximum Gasteiger partial charge on any atom is 0.354 e. The van der Waals surface area contributed by atoms with E-state index in [1.54, 1.807) is 42.3 Å². The molecule has 136 valence electrons. The lowest BCUT2D eigenvalue weighted by molar-refractivity contribution is -0.135. The Bertz CT molecular complexity index is 800. The lowest BCUT2D eigenvalue weighted by atomic mass is 9.98. The first-order valence-electron chi connectivity index (χ1n) is 8.46. The Morgan fingerprint density at radius 3 is 2.81 bits per heavy atom. The second-order valence-electron chi connectivity index (χ2n) is 5.93. The molecule has 26 heavy (non-hydrogen) atoms. The Morgan fingerprint density at radius 1 is 1.31 bits per heavy atom. The van der Waals surface area contributed by atoms with Crippen molar-refractivity contribution in [3.8, 4) is 5.82 Å². The molecule has 0 aromatic carbocycles. The van der Waals surface area contributed by atoms with E-state index >= 15 is 0 Å². The van der Waals surface area contributed by atoms with Gasteiger partial charge in [-0.1, -0.05) is 0 Å². The number of hydrogen-bond acceptors (Lipinski definition) is 7. The quantitative estimate of drug-likeness (QED) is 0.798. The summed E-state index contributed by atoms with van der Waals surface area (Å²) in [4.78, 5) is 32.9. The average molecular weight is 356 g/mol. The minimum absolute atomic E-state index is 0.0248. The first kappa shape index (κ1) is 17.7. The van der Waals surface area contributed by atoms with Crippen LogP contribution < -0.4 is 5.32 Å². The molecule has 0 radical (unpaired) electrons. The molecule has 2 atom stereocenters. The fraction of sp³-hybridized carbons (Fsp3) is 0.412. The van der Waals surface area contributed by atoms with E-state index < -0.39 is 17.9 Å². The second kappa shape index (κ2) is 7.85. The van der Waals surface area contributed by atoms with Gasteiger partial charge in [-0.25, -0.2) is 9.78 Å². The van der Waals surface area contributed by atoms with E-state index in [-0.39, 0.29) is 24.1 Å². The van der Waals surface area contributed by atoms with Crippen LogP contribution in [0.4, 0.5) is 0 Å². The van der Waals surface area contributed by atoms with Crippen LogP contribution in [-0.2, 0) is 9.53 Å².